The maximum atomic E-state index is 11.1. The molecule has 0 unspecified atom stereocenters. The molecule has 0 amide bonds. The number of hydrogen-bond acceptors (Lipinski definition) is 2. The molecule has 1 aliphatic rings. The number of benzene rings is 1. The molecule has 2 N–H and O–H groups in total. The molecule has 0 radical (unpaired) electrons. The van der Waals surface area contributed by atoms with Crippen molar-refractivity contribution in [2.75, 3.05) is 11.9 Å². The molecule has 0 saturated carbocycles. The Hall–Kier alpha value is -1.48. The van der Waals surface area contributed by atoms with E-state index in [1.165, 1.54) is 37.3 Å². The summed E-state index contributed by atoms with van der Waals surface area (Å²) in [4.78, 5) is 11.1. The normalized spacial score (nSPS) is 14.9. The quantitative estimate of drug-likeness (QED) is 0.788. The Labute approximate surface area is 118 Å². The number of carboxylic acids is 1. The summed E-state index contributed by atoms with van der Waals surface area (Å²) in [6, 6.07) is 4.80. The zero-order valence-electron chi connectivity index (χ0n) is 10.8. The lowest BCUT2D eigenvalue weighted by Gasteiger charge is -2.14. The van der Waals surface area contributed by atoms with E-state index < -0.39 is 5.97 Å². The van der Waals surface area contributed by atoms with Crippen molar-refractivity contribution in [3.05, 3.63) is 40.4 Å². The average molecular weight is 280 g/mol. The number of rotatable bonds is 5. The molecule has 0 aromatic heterocycles. The molecular formula is C15H18ClNO2. The fraction of sp³-hybridized carbons (Fsp3) is 0.400. The van der Waals surface area contributed by atoms with Crippen LogP contribution in [0.15, 0.2) is 29.8 Å². The highest BCUT2D eigenvalue weighted by Gasteiger charge is 2.10. The molecule has 4 heteroatoms. The minimum absolute atomic E-state index is 0.266. The minimum atomic E-state index is -0.934. The van der Waals surface area contributed by atoms with E-state index in [4.69, 9.17) is 16.7 Å². The van der Waals surface area contributed by atoms with E-state index in [1.807, 2.05) is 0 Å². The number of carbonyl (C=O) groups is 1. The molecule has 102 valence electrons. The zero-order chi connectivity index (χ0) is 13.7. The van der Waals surface area contributed by atoms with Crippen LogP contribution in [-0.4, -0.2) is 17.6 Å². The van der Waals surface area contributed by atoms with E-state index in [-0.39, 0.29) is 5.56 Å². The fourth-order valence-corrected chi connectivity index (χ4v) is 2.51. The van der Waals surface area contributed by atoms with Crippen molar-refractivity contribution in [1.29, 1.82) is 0 Å². The van der Waals surface area contributed by atoms with E-state index >= 15 is 0 Å². The maximum Gasteiger partial charge on any atom is 0.337 e. The van der Waals surface area contributed by atoms with Gasteiger partial charge < -0.3 is 10.4 Å². The Bertz CT molecular complexity index is 497. The van der Waals surface area contributed by atoms with Gasteiger partial charge in [-0.1, -0.05) is 23.3 Å². The lowest BCUT2D eigenvalue weighted by Crippen LogP contribution is -2.09. The molecule has 0 spiro atoms. The highest BCUT2D eigenvalue weighted by Crippen LogP contribution is 2.23. The van der Waals surface area contributed by atoms with Crippen LogP contribution in [0.5, 0.6) is 0 Å². The predicted molar refractivity (Wildman–Crippen MR) is 78.1 cm³/mol. The number of allylic oxidation sites excluding steroid dienone is 1. The third kappa shape index (κ3) is 4.00. The summed E-state index contributed by atoms with van der Waals surface area (Å²) in [5, 5.41) is 12.8. The zero-order valence-corrected chi connectivity index (χ0v) is 11.5. The van der Waals surface area contributed by atoms with Crippen LogP contribution in [0.25, 0.3) is 0 Å². The molecule has 19 heavy (non-hydrogen) atoms. The van der Waals surface area contributed by atoms with Gasteiger partial charge in [0.05, 0.1) is 11.3 Å². The Kier molecular flexibility index (Phi) is 4.86. The first kappa shape index (κ1) is 13.9. The third-order valence-corrected chi connectivity index (χ3v) is 3.59. The fourth-order valence-electron chi connectivity index (χ4n) is 2.34. The monoisotopic (exact) mass is 279 g/mol. The third-order valence-electron chi connectivity index (χ3n) is 3.36. The Balaban J connectivity index is 1.96. The summed E-state index contributed by atoms with van der Waals surface area (Å²) in [6.07, 6.45) is 8.17. The van der Waals surface area contributed by atoms with Crippen molar-refractivity contribution in [3.63, 3.8) is 0 Å². The van der Waals surface area contributed by atoms with Gasteiger partial charge in [0.1, 0.15) is 0 Å². The maximum absolute atomic E-state index is 11.1. The second-order valence-corrected chi connectivity index (χ2v) is 5.22. The highest BCUT2D eigenvalue weighted by atomic mass is 35.5. The number of hydrogen-bond donors (Lipinski definition) is 2. The van der Waals surface area contributed by atoms with E-state index in [0.29, 0.717) is 10.7 Å². The topological polar surface area (TPSA) is 49.3 Å². The van der Waals surface area contributed by atoms with Gasteiger partial charge in [-0.3, -0.25) is 0 Å². The van der Waals surface area contributed by atoms with Crippen LogP contribution in [0, 0.1) is 0 Å². The van der Waals surface area contributed by atoms with Crippen LogP contribution in [-0.2, 0) is 0 Å². The lowest BCUT2D eigenvalue weighted by atomic mass is 9.97. The van der Waals surface area contributed by atoms with Crippen LogP contribution >= 0.6 is 11.6 Å². The van der Waals surface area contributed by atoms with Crippen LogP contribution in [0.1, 0.15) is 42.5 Å². The summed E-state index contributed by atoms with van der Waals surface area (Å²) < 4.78 is 0. The molecule has 0 fully saturated rings. The number of nitrogens with one attached hydrogen (secondary N) is 1. The summed E-state index contributed by atoms with van der Waals surface area (Å²) in [5.74, 6) is -0.934. The van der Waals surface area contributed by atoms with Crippen molar-refractivity contribution >= 4 is 23.3 Å². The van der Waals surface area contributed by atoms with Crippen molar-refractivity contribution in [2.24, 2.45) is 0 Å². The van der Waals surface area contributed by atoms with Gasteiger partial charge in [0, 0.05) is 11.6 Å². The van der Waals surface area contributed by atoms with Gasteiger partial charge >= 0.3 is 5.97 Å². The first-order chi connectivity index (χ1) is 9.16. The lowest BCUT2D eigenvalue weighted by molar-refractivity contribution is 0.0698. The average Bonchev–Trinajstić information content (AvgIpc) is 2.39. The molecule has 0 saturated heterocycles. The van der Waals surface area contributed by atoms with Crippen molar-refractivity contribution in [2.45, 2.75) is 32.1 Å². The van der Waals surface area contributed by atoms with Crippen LogP contribution in [0.3, 0.4) is 0 Å². The molecule has 0 aliphatic heterocycles. The number of anilines is 1. The molecule has 2 rings (SSSR count). The smallest absolute Gasteiger partial charge is 0.337 e. The van der Waals surface area contributed by atoms with Gasteiger partial charge in [0.2, 0.25) is 0 Å². The van der Waals surface area contributed by atoms with E-state index in [0.717, 1.165) is 13.0 Å². The van der Waals surface area contributed by atoms with Crippen LogP contribution in [0.2, 0.25) is 5.02 Å². The van der Waals surface area contributed by atoms with Gasteiger partial charge in [0.15, 0.2) is 0 Å². The Morgan fingerprint density at radius 3 is 2.89 bits per heavy atom. The highest BCUT2D eigenvalue weighted by molar-refractivity contribution is 6.31. The van der Waals surface area contributed by atoms with Crippen LogP contribution < -0.4 is 5.32 Å². The Morgan fingerprint density at radius 2 is 2.21 bits per heavy atom. The number of halogens is 1. The predicted octanol–water partition coefficient (Wildman–Crippen LogP) is 4.34. The van der Waals surface area contributed by atoms with Crippen molar-refractivity contribution in [1.82, 2.24) is 0 Å². The molecule has 0 heterocycles. The van der Waals surface area contributed by atoms with E-state index in [9.17, 15) is 4.79 Å². The van der Waals surface area contributed by atoms with Crippen molar-refractivity contribution in [3.8, 4) is 0 Å². The van der Waals surface area contributed by atoms with Gasteiger partial charge in [-0.05, 0) is 50.3 Å². The molecule has 1 aromatic carbocycles. The second kappa shape index (κ2) is 6.62. The van der Waals surface area contributed by atoms with E-state index in [1.54, 1.807) is 12.1 Å². The van der Waals surface area contributed by atoms with Crippen molar-refractivity contribution < 1.29 is 9.90 Å². The first-order valence-electron chi connectivity index (χ1n) is 6.61. The standard InChI is InChI=1S/C15H18ClNO2/c16-12-6-7-13(15(18)19)14(10-12)17-9-8-11-4-2-1-3-5-11/h4,6-7,10,17H,1-3,5,8-9H2,(H,18,19). The molecule has 1 aromatic rings. The Morgan fingerprint density at radius 1 is 1.37 bits per heavy atom. The number of carboxylic acid groups (broad SMARTS) is 1. The SMILES string of the molecule is O=C(O)c1ccc(Cl)cc1NCCC1=CCCCC1. The van der Waals surface area contributed by atoms with Gasteiger partial charge in [-0.25, -0.2) is 4.79 Å². The molecule has 1 aliphatic carbocycles. The van der Waals surface area contributed by atoms with Crippen LogP contribution in [0.4, 0.5) is 5.69 Å². The first-order valence-corrected chi connectivity index (χ1v) is 6.99. The second-order valence-electron chi connectivity index (χ2n) is 4.78. The van der Waals surface area contributed by atoms with Gasteiger partial charge in [0.25, 0.3) is 0 Å². The molecule has 0 atom stereocenters. The summed E-state index contributed by atoms with van der Waals surface area (Å²) >= 11 is 5.90. The summed E-state index contributed by atoms with van der Waals surface area (Å²) in [6.45, 7) is 0.743. The van der Waals surface area contributed by atoms with E-state index in [2.05, 4.69) is 11.4 Å². The van der Waals surface area contributed by atoms with Gasteiger partial charge in [-0.15, -0.1) is 0 Å². The molecular weight excluding hydrogens is 262 g/mol. The number of aromatic carboxylic acids is 1. The largest absolute Gasteiger partial charge is 0.478 e. The summed E-state index contributed by atoms with van der Waals surface area (Å²) in [5.41, 5.74) is 2.33. The minimum Gasteiger partial charge on any atom is -0.478 e. The molecule has 0 bridgehead atoms. The molecule has 3 nitrogen and oxygen atoms in total. The van der Waals surface area contributed by atoms with Gasteiger partial charge in [-0.2, -0.15) is 0 Å². The summed E-state index contributed by atoms with van der Waals surface area (Å²) in [7, 11) is 0.